The minimum absolute atomic E-state index is 0.0257. The van der Waals surface area contributed by atoms with Crippen LogP contribution in [0.5, 0.6) is 0 Å². The molecule has 1 atom stereocenters. The van der Waals surface area contributed by atoms with Crippen molar-refractivity contribution in [3.8, 4) is 0 Å². The highest BCUT2D eigenvalue weighted by atomic mass is 35.5. The summed E-state index contributed by atoms with van der Waals surface area (Å²) >= 11 is 5.82. The number of carbonyl (C=O) groups excluding carboxylic acids is 2. The van der Waals surface area contributed by atoms with E-state index < -0.39 is 24.3 Å². The maximum atomic E-state index is 13.5. The monoisotopic (exact) mass is 341 g/mol. The smallest absolute Gasteiger partial charge is 0.331 e. The fourth-order valence-electron chi connectivity index (χ4n) is 2.09. The van der Waals surface area contributed by atoms with Gasteiger partial charge in [0.25, 0.3) is 5.91 Å². The Labute approximate surface area is 138 Å². The lowest BCUT2D eigenvalue weighted by Crippen LogP contribution is -2.34. The van der Waals surface area contributed by atoms with Gasteiger partial charge in [0.05, 0.1) is 11.1 Å². The fraction of sp³-hybridized carbons (Fsp3) is 0.375. The molecule has 1 saturated heterocycles. The van der Waals surface area contributed by atoms with Gasteiger partial charge in [0, 0.05) is 24.8 Å². The van der Waals surface area contributed by atoms with Gasteiger partial charge in [-0.25, -0.2) is 9.18 Å². The number of hydrogen-bond acceptors (Lipinski definition) is 4. The largest absolute Gasteiger partial charge is 0.452 e. The van der Waals surface area contributed by atoms with Crippen LogP contribution in [0.3, 0.4) is 0 Å². The zero-order chi connectivity index (χ0) is 16.7. The van der Waals surface area contributed by atoms with Crippen molar-refractivity contribution >= 4 is 29.6 Å². The van der Waals surface area contributed by atoms with E-state index in [2.05, 4.69) is 5.32 Å². The molecule has 1 N–H and O–H groups in total. The van der Waals surface area contributed by atoms with Crippen LogP contribution in [0.2, 0.25) is 5.02 Å². The van der Waals surface area contributed by atoms with E-state index in [1.165, 1.54) is 24.3 Å². The van der Waals surface area contributed by atoms with E-state index in [1.54, 1.807) is 0 Å². The Morgan fingerprint density at radius 3 is 3.00 bits per heavy atom. The number of esters is 1. The first-order chi connectivity index (χ1) is 11.1. The summed E-state index contributed by atoms with van der Waals surface area (Å²) in [5.74, 6) is -1.71. The molecule has 7 heteroatoms. The van der Waals surface area contributed by atoms with E-state index in [1.807, 2.05) is 0 Å². The van der Waals surface area contributed by atoms with Gasteiger partial charge in [-0.05, 0) is 31.1 Å². The van der Waals surface area contributed by atoms with Crippen molar-refractivity contribution in [3.63, 3.8) is 0 Å². The van der Waals surface area contributed by atoms with Gasteiger partial charge in [-0.1, -0.05) is 17.7 Å². The van der Waals surface area contributed by atoms with Gasteiger partial charge in [0.15, 0.2) is 6.61 Å². The van der Waals surface area contributed by atoms with Gasteiger partial charge in [0.1, 0.15) is 5.82 Å². The molecule has 5 nitrogen and oxygen atoms in total. The lowest BCUT2D eigenvalue weighted by Gasteiger charge is -2.10. The summed E-state index contributed by atoms with van der Waals surface area (Å²) in [7, 11) is 0. The van der Waals surface area contributed by atoms with Gasteiger partial charge < -0.3 is 14.8 Å². The molecule has 1 aromatic rings. The average Bonchev–Trinajstić information content (AvgIpc) is 3.04. The Morgan fingerprint density at radius 1 is 1.48 bits per heavy atom. The molecule has 1 aliphatic heterocycles. The minimum atomic E-state index is -0.753. The highest BCUT2D eigenvalue weighted by Crippen LogP contribution is 2.20. The molecule has 23 heavy (non-hydrogen) atoms. The minimum Gasteiger partial charge on any atom is -0.452 e. The third kappa shape index (κ3) is 5.65. The Bertz CT molecular complexity index is 579. The van der Waals surface area contributed by atoms with Crippen molar-refractivity contribution in [1.29, 1.82) is 0 Å². The van der Waals surface area contributed by atoms with Crippen LogP contribution in [0.4, 0.5) is 4.39 Å². The lowest BCUT2D eigenvalue weighted by atomic mass is 10.2. The summed E-state index contributed by atoms with van der Waals surface area (Å²) in [5.41, 5.74) is 0.0916. The number of amides is 1. The Balaban J connectivity index is 1.74. The lowest BCUT2D eigenvalue weighted by molar-refractivity contribution is -0.143. The predicted molar refractivity (Wildman–Crippen MR) is 83.4 cm³/mol. The van der Waals surface area contributed by atoms with Gasteiger partial charge >= 0.3 is 5.97 Å². The Hall–Kier alpha value is -1.92. The molecule has 0 radical (unpaired) electrons. The first-order valence-corrected chi connectivity index (χ1v) is 7.61. The molecular weight excluding hydrogens is 325 g/mol. The second kappa shape index (κ2) is 8.64. The number of halogens is 2. The van der Waals surface area contributed by atoms with E-state index in [0.717, 1.165) is 18.9 Å². The van der Waals surface area contributed by atoms with E-state index in [-0.39, 0.29) is 16.7 Å². The number of rotatable bonds is 6. The van der Waals surface area contributed by atoms with Gasteiger partial charge in [-0.3, -0.25) is 4.79 Å². The number of hydrogen-bond donors (Lipinski definition) is 1. The van der Waals surface area contributed by atoms with Crippen molar-refractivity contribution in [2.24, 2.45) is 0 Å². The quantitative estimate of drug-likeness (QED) is 0.637. The summed E-state index contributed by atoms with van der Waals surface area (Å²) in [6.45, 7) is 0.705. The first kappa shape index (κ1) is 17.4. The van der Waals surface area contributed by atoms with Crippen molar-refractivity contribution in [3.05, 3.63) is 40.7 Å². The molecule has 1 aliphatic rings. The van der Waals surface area contributed by atoms with E-state index in [9.17, 15) is 14.0 Å². The molecule has 0 aliphatic carbocycles. The van der Waals surface area contributed by atoms with Crippen molar-refractivity contribution in [2.75, 3.05) is 19.8 Å². The molecule has 0 bridgehead atoms. The molecule has 1 amide bonds. The molecule has 0 spiro atoms. The molecule has 0 saturated carbocycles. The van der Waals surface area contributed by atoms with Crippen molar-refractivity contribution < 1.29 is 23.5 Å². The van der Waals surface area contributed by atoms with Crippen LogP contribution in [-0.4, -0.2) is 37.7 Å². The number of benzene rings is 1. The van der Waals surface area contributed by atoms with Gasteiger partial charge in [-0.15, -0.1) is 0 Å². The summed E-state index contributed by atoms with van der Waals surface area (Å²) < 4.78 is 23.6. The summed E-state index contributed by atoms with van der Waals surface area (Å²) in [6, 6.07) is 4.20. The topological polar surface area (TPSA) is 64.6 Å². The van der Waals surface area contributed by atoms with Crippen LogP contribution in [0.25, 0.3) is 6.08 Å². The highest BCUT2D eigenvalue weighted by Gasteiger charge is 2.16. The zero-order valence-electron chi connectivity index (χ0n) is 12.4. The maximum absolute atomic E-state index is 13.5. The molecule has 1 aromatic carbocycles. The average molecular weight is 342 g/mol. The number of ether oxygens (including phenoxy) is 2. The predicted octanol–water partition coefficient (Wildman–Crippen LogP) is 2.33. The molecule has 0 unspecified atom stereocenters. The van der Waals surface area contributed by atoms with Crippen LogP contribution in [0.15, 0.2) is 24.3 Å². The third-order valence-corrected chi connectivity index (χ3v) is 3.61. The highest BCUT2D eigenvalue weighted by molar-refractivity contribution is 6.32. The Morgan fingerprint density at radius 2 is 2.30 bits per heavy atom. The Kier molecular flexibility index (Phi) is 6.55. The van der Waals surface area contributed by atoms with Gasteiger partial charge in [-0.2, -0.15) is 0 Å². The van der Waals surface area contributed by atoms with Crippen LogP contribution >= 0.6 is 11.6 Å². The van der Waals surface area contributed by atoms with Gasteiger partial charge in [0.2, 0.25) is 0 Å². The van der Waals surface area contributed by atoms with Crippen LogP contribution in [-0.2, 0) is 19.1 Å². The molecule has 1 fully saturated rings. The van der Waals surface area contributed by atoms with E-state index in [0.29, 0.717) is 13.2 Å². The van der Waals surface area contributed by atoms with Crippen molar-refractivity contribution in [1.82, 2.24) is 5.32 Å². The fourth-order valence-corrected chi connectivity index (χ4v) is 2.32. The molecule has 124 valence electrons. The zero-order valence-corrected chi connectivity index (χ0v) is 13.1. The number of nitrogens with one attached hydrogen (secondary N) is 1. The maximum Gasteiger partial charge on any atom is 0.331 e. The number of carbonyl (C=O) groups is 2. The SMILES string of the molecule is O=C(COC(=O)/C=C/c1c(F)cccc1Cl)NC[C@@H]1CCCO1. The van der Waals surface area contributed by atoms with Crippen LogP contribution in [0.1, 0.15) is 18.4 Å². The van der Waals surface area contributed by atoms with Crippen LogP contribution in [0, 0.1) is 5.82 Å². The second-order valence-corrected chi connectivity index (χ2v) is 5.42. The summed E-state index contributed by atoms with van der Waals surface area (Å²) in [4.78, 5) is 23.1. The third-order valence-electron chi connectivity index (χ3n) is 3.28. The van der Waals surface area contributed by atoms with E-state index >= 15 is 0 Å². The molecule has 2 rings (SSSR count). The second-order valence-electron chi connectivity index (χ2n) is 5.02. The van der Waals surface area contributed by atoms with Crippen molar-refractivity contribution in [2.45, 2.75) is 18.9 Å². The van der Waals surface area contributed by atoms with E-state index in [4.69, 9.17) is 21.1 Å². The molecular formula is C16H17ClFNO4. The van der Waals surface area contributed by atoms with Crippen LogP contribution < -0.4 is 5.32 Å². The molecule has 1 heterocycles. The summed E-state index contributed by atoms with van der Waals surface area (Å²) in [5, 5.41) is 2.81. The standard InChI is InChI=1S/C16H17ClFNO4/c17-13-4-1-5-14(18)12(13)6-7-16(21)23-10-15(20)19-9-11-3-2-8-22-11/h1,4-7,11H,2-3,8-10H2,(H,19,20)/b7-6+/t11-/m0/s1. The normalized spacial score (nSPS) is 17.4. The first-order valence-electron chi connectivity index (χ1n) is 7.23. The summed E-state index contributed by atoms with van der Waals surface area (Å²) in [6.07, 6.45) is 4.16. The molecule has 0 aromatic heterocycles.